The normalized spacial score (nSPS) is 11.8. The van der Waals surface area contributed by atoms with Gasteiger partial charge in [-0.2, -0.15) is 5.26 Å². The van der Waals surface area contributed by atoms with Crippen LogP contribution in [0.3, 0.4) is 0 Å². The van der Waals surface area contributed by atoms with Crippen molar-refractivity contribution in [3.8, 4) is 6.07 Å². The Morgan fingerprint density at radius 3 is 2.94 bits per heavy atom. The molecule has 0 aliphatic carbocycles. The van der Waals surface area contributed by atoms with E-state index in [0.29, 0.717) is 5.56 Å². The average molecular weight is 229 g/mol. The molecule has 1 atom stereocenters. The molecule has 2 rings (SSSR count). The van der Waals surface area contributed by atoms with Crippen LogP contribution in [-0.2, 0) is 0 Å². The monoisotopic (exact) mass is 229 g/mol. The zero-order valence-corrected chi connectivity index (χ0v) is 9.66. The number of nitrogens with one attached hydrogen (secondary N) is 1. The number of hydrogen-bond donors (Lipinski definition) is 1. The van der Waals surface area contributed by atoms with E-state index in [9.17, 15) is 0 Å². The van der Waals surface area contributed by atoms with Crippen molar-refractivity contribution in [2.24, 2.45) is 0 Å². The van der Waals surface area contributed by atoms with Crippen LogP contribution in [0, 0.1) is 11.3 Å². The highest BCUT2D eigenvalue weighted by Gasteiger charge is 2.08. The number of thiazole rings is 1. The third-order valence-electron chi connectivity index (χ3n) is 2.30. The van der Waals surface area contributed by atoms with Gasteiger partial charge in [-0.3, -0.25) is 4.98 Å². The first-order valence-corrected chi connectivity index (χ1v) is 5.83. The number of rotatable bonds is 3. The van der Waals surface area contributed by atoms with Crippen molar-refractivity contribution in [3.05, 3.63) is 46.4 Å². The van der Waals surface area contributed by atoms with E-state index in [1.807, 2.05) is 36.0 Å². The Morgan fingerprint density at radius 1 is 1.44 bits per heavy atom. The van der Waals surface area contributed by atoms with Gasteiger partial charge in [0.15, 0.2) is 0 Å². The van der Waals surface area contributed by atoms with Gasteiger partial charge in [0.05, 0.1) is 22.8 Å². The molecule has 0 saturated carbocycles. The van der Waals surface area contributed by atoms with Gasteiger partial charge in [0.2, 0.25) is 0 Å². The molecule has 0 aliphatic heterocycles. The highest BCUT2D eigenvalue weighted by atomic mass is 32.1. The maximum atomic E-state index is 8.96. The third kappa shape index (κ3) is 2.20. The molecule has 4 heteroatoms. The predicted octanol–water partition coefficient (Wildman–Crippen LogP) is 3.19. The summed E-state index contributed by atoms with van der Waals surface area (Å²) < 4.78 is 0. The lowest BCUT2D eigenvalue weighted by atomic mass is 10.1. The molecule has 2 aromatic rings. The topological polar surface area (TPSA) is 48.7 Å². The van der Waals surface area contributed by atoms with Crippen LogP contribution in [0.1, 0.15) is 23.4 Å². The van der Waals surface area contributed by atoms with Crippen molar-refractivity contribution in [2.45, 2.75) is 13.0 Å². The largest absolute Gasteiger partial charge is 0.377 e. The molecule has 1 aromatic heterocycles. The summed E-state index contributed by atoms with van der Waals surface area (Å²) in [6.07, 6.45) is 1.84. The van der Waals surface area contributed by atoms with Crippen LogP contribution in [-0.4, -0.2) is 4.98 Å². The highest BCUT2D eigenvalue weighted by Crippen LogP contribution is 2.23. The molecular weight excluding hydrogens is 218 g/mol. The van der Waals surface area contributed by atoms with E-state index in [1.165, 1.54) is 0 Å². The van der Waals surface area contributed by atoms with E-state index in [1.54, 1.807) is 11.3 Å². The average Bonchev–Trinajstić information content (AvgIpc) is 2.83. The van der Waals surface area contributed by atoms with Gasteiger partial charge in [0, 0.05) is 11.1 Å². The minimum Gasteiger partial charge on any atom is -0.377 e. The molecule has 0 aliphatic rings. The number of aromatic nitrogens is 1. The first kappa shape index (κ1) is 10.7. The molecule has 0 amide bonds. The summed E-state index contributed by atoms with van der Waals surface area (Å²) in [5.41, 5.74) is 3.34. The Bertz CT molecular complexity index is 499. The fraction of sp³-hybridized carbons (Fsp3) is 0.167. The van der Waals surface area contributed by atoms with Gasteiger partial charge in [-0.1, -0.05) is 12.1 Å². The third-order valence-corrected chi connectivity index (χ3v) is 3.26. The fourth-order valence-electron chi connectivity index (χ4n) is 1.45. The number of anilines is 1. The molecule has 16 heavy (non-hydrogen) atoms. The lowest BCUT2D eigenvalue weighted by Gasteiger charge is -2.14. The van der Waals surface area contributed by atoms with Crippen LogP contribution in [0.15, 0.2) is 36.0 Å². The molecule has 0 fully saturated rings. The lowest BCUT2D eigenvalue weighted by molar-refractivity contribution is 0.903. The smallest absolute Gasteiger partial charge is 0.101 e. The quantitative estimate of drug-likeness (QED) is 0.879. The molecule has 1 heterocycles. The Morgan fingerprint density at radius 2 is 2.25 bits per heavy atom. The second-order valence-corrected chi connectivity index (χ2v) is 4.35. The Labute approximate surface area is 98.4 Å². The minimum absolute atomic E-state index is 0.169. The molecule has 0 radical (unpaired) electrons. The van der Waals surface area contributed by atoms with E-state index in [2.05, 4.69) is 23.3 Å². The van der Waals surface area contributed by atoms with Gasteiger partial charge in [0.25, 0.3) is 0 Å². The van der Waals surface area contributed by atoms with Crippen LogP contribution < -0.4 is 5.32 Å². The van der Waals surface area contributed by atoms with Gasteiger partial charge in [-0.05, 0) is 19.1 Å². The SMILES string of the molecule is CC(Nc1ccccc1C#N)c1cncs1. The van der Waals surface area contributed by atoms with Crippen LogP contribution in [0.4, 0.5) is 5.69 Å². The Balaban J connectivity index is 2.19. The van der Waals surface area contributed by atoms with Gasteiger partial charge >= 0.3 is 0 Å². The van der Waals surface area contributed by atoms with Crippen molar-refractivity contribution in [2.75, 3.05) is 5.32 Å². The van der Waals surface area contributed by atoms with Crippen LogP contribution in [0.5, 0.6) is 0 Å². The Kier molecular flexibility index (Phi) is 3.18. The molecule has 1 aromatic carbocycles. The molecule has 1 unspecified atom stereocenters. The van der Waals surface area contributed by atoms with Crippen molar-refractivity contribution < 1.29 is 0 Å². The summed E-state index contributed by atoms with van der Waals surface area (Å²) in [6.45, 7) is 2.06. The molecule has 0 spiro atoms. The standard InChI is InChI=1S/C12H11N3S/c1-9(12-7-14-8-16-12)15-11-5-3-2-4-10(11)6-13/h2-5,7-9,15H,1H3. The van der Waals surface area contributed by atoms with Gasteiger partial charge < -0.3 is 5.32 Å². The Hall–Kier alpha value is -1.86. The van der Waals surface area contributed by atoms with Crippen molar-refractivity contribution in [1.29, 1.82) is 5.26 Å². The van der Waals surface area contributed by atoms with Crippen LogP contribution >= 0.6 is 11.3 Å². The number of nitriles is 1. The minimum atomic E-state index is 0.169. The van der Waals surface area contributed by atoms with E-state index in [-0.39, 0.29) is 6.04 Å². The summed E-state index contributed by atoms with van der Waals surface area (Å²) in [6, 6.07) is 9.84. The lowest BCUT2D eigenvalue weighted by Crippen LogP contribution is -2.06. The highest BCUT2D eigenvalue weighted by molar-refractivity contribution is 7.09. The van der Waals surface area contributed by atoms with Gasteiger partial charge in [0.1, 0.15) is 6.07 Å². The fourth-order valence-corrected chi connectivity index (χ4v) is 2.08. The second kappa shape index (κ2) is 4.77. The first-order valence-electron chi connectivity index (χ1n) is 4.95. The first-order chi connectivity index (χ1) is 7.81. The molecule has 3 nitrogen and oxygen atoms in total. The number of nitrogens with zero attached hydrogens (tertiary/aromatic N) is 2. The summed E-state index contributed by atoms with van der Waals surface area (Å²) in [7, 11) is 0. The summed E-state index contributed by atoms with van der Waals surface area (Å²) in [5, 5.41) is 12.3. The van der Waals surface area contributed by atoms with Crippen LogP contribution in [0.2, 0.25) is 0 Å². The van der Waals surface area contributed by atoms with E-state index >= 15 is 0 Å². The molecule has 0 bridgehead atoms. The molecule has 1 N–H and O–H groups in total. The van der Waals surface area contributed by atoms with Crippen molar-refractivity contribution in [3.63, 3.8) is 0 Å². The summed E-state index contributed by atoms with van der Waals surface area (Å²) in [5.74, 6) is 0. The molecular formula is C12H11N3S. The molecule has 80 valence electrons. The van der Waals surface area contributed by atoms with E-state index in [0.717, 1.165) is 10.6 Å². The zero-order valence-electron chi connectivity index (χ0n) is 8.84. The second-order valence-electron chi connectivity index (χ2n) is 3.43. The molecule has 0 saturated heterocycles. The van der Waals surface area contributed by atoms with Gasteiger partial charge in [-0.15, -0.1) is 11.3 Å². The predicted molar refractivity (Wildman–Crippen MR) is 65.3 cm³/mol. The van der Waals surface area contributed by atoms with E-state index in [4.69, 9.17) is 5.26 Å². The number of hydrogen-bond acceptors (Lipinski definition) is 4. The van der Waals surface area contributed by atoms with Gasteiger partial charge in [-0.25, -0.2) is 0 Å². The maximum Gasteiger partial charge on any atom is 0.101 e. The van der Waals surface area contributed by atoms with Crippen LogP contribution in [0.25, 0.3) is 0 Å². The number of benzene rings is 1. The number of para-hydroxylation sites is 1. The zero-order chi connectivity index (χ0) is 11.4. The van der Waals surface area contributed by atoms with E-state index < -0.39 is 0 Å². The summed E-state index contributed by atoms with van der Waals surface area (Å²) in [4.78, 5) is 5.20. The summed E-state index contributed by atoms with van der Waals surface area (Å²) >= 11 is 1.61. The maximum absolute atomic E-state index is 8.96. The van der Waals surface area contributed by atoms with Crippen molar-refractivity contribution in [1.82, 2.24) is 4.98 Å². The van der Waals surface area contributed by atoms with Crippen molar-refractivity contribution >= 4 is 17.0 Å².